The number of rotatable bonds is 5. The lowest BCUT2D eigenvalue weighted by molar-refractivity contribution is 0.327. The Morgan fingerprint density at radius 1 is 1.18 bits per heavy atom. The van der Waals surface area contributed by atoms with E-state index in [0.29, 0.717) is 19.0 Å². The van der Waals surface area contributed by atoms with E-state index in [9.17, 15) is 0 Å². The quantitative estimate of drug-likeness (QED) is 0.849. The summed E-state index contributed by atoms with van der Waals surface area (Å²) >= 11 is 0. The number of hydrogen-bond donors (Lipinski definition) is 1. The van der Waals surface area contributed by atoms with Crippen LogP contribution in [0.25, 0.3) is 0 Å². The van der Waals surface area contributed by atoms with Crippen LogP contribution in [0.4, 0.5) is 5.69 Å². The van der Waals surface area contributed by atoms with Gasteiger partial charge in [-0.15, -0.1) is 0 Å². The molecule has 0 saturated carbocycles. The van der Waals surface area contributed by atoms with E-state index in [-0.39, 0.29) is 0 Å². The highest BCUT2D eigenvalue weighted by atomic mass is 16.5. The Morgan fingerprint density at radius 3 is 2.65 bits per heavy atom. The van der Waals surface area contributed by atoms with Crippen molar-refractivity contribution in [3.8, 4) is 5.88 Å². The summed E-state index contributed by atoms with van der Waals surface area (Å²) in [6, 6.07) is 3.77. The van der Waals surface area contributed by atoms with Gasteiger partial charge in [0.2, 0.25) is 5.88 Å². The molecular weight excluding hydrogens is 216 g/mol. The minimum atomic E-state index is 0.626. The molecule has 0 amide bonds. The predicted molar refractivity (Wildman–Crippen MR) is 64.8 cm³/mol. The van der Waals surface area contributed by atoms with Gasteiger partial charge in [-0.1, -0.05) is 0 Å². The van der Waals surface area contributed by atoms with Gasteiger partial charge in [0.05, 0.1) is 18.5 Å². The fraction of sp³-hybridized carbons (Fsp3) is 0.250. The third kappa shape index (κ3) is 3.41. The second-order valence-electron chi connectivity index (χ2n) is 3.42. The Hall–Kier alpha value is -2.17. The molecule has 0 saturated heterocycles. The highest BCUT2D eigenvalue weighted by molar-refractivity contribution is 5.42. The SMILES string of the molecule is CCOc1ccc(NCc2cncnc2)cn1. The third-order valence-corrected chi connectivity index (χ3v) is 2.14. The molecule has 0 aliphatic heterocycles. The molecule has 0 atom stereocenters. The molecule has 88 valence electrons. The van der Waals surface area contributed by atoms with E-state index >= 15 is 0 Å². The molecular formula is C12H14N4O. The van der Waals surface area contributed by atoms with Crippen LogP contribution in [-0.4, -0.2) is 21.6 Å². The Kier molecular flexibility index (Phi) is 3.85. The van der Waals surface area contributed by atoms with E-state index in [4.69, 9.17) is 4.74 Å². The largest absolute Gasteiger partial charge is 0.478 e. The van der Waals surface area contributed by atoms with Crippen LogP contribution < -0.4 is 10.1 Å². The molecule has 2 aromatic heterocycles. The summed E-state index contributed by atoms with van der Waals surface area (Å²) in [7, 11) is 0. The minimum Gasteiger partial charge on any atom is -0.478 e. The van der Waals surface area contributed by atoms with Crippen LogP contribution in [-0.2, 0) is 6.54 Å². The van der Waals surface area contributed by atoms with Crippen LogP contribution in [0.2, 0.25) is 0 Å². The van der Waals surface area contributed by atoms with Gasteiger partial charge in [-0.2, -0.15) is 0 Å². The van der Waals surface area contributed by atoms with Crippen molar-refractivity contribution in [2.24, 2.45) is 0 Å². The van der Waals surface area contributed by atoms with Crippen molar-refractivity contribution in [1.82, 2.24) is 15.0 Å². The molecule has 1 N–H and O–H groups in total. The zero-order chi connectivity index (χ0) is 11.9. The molecule has 0 aromatic carbocycles. The first-order valence-corrected chi connectivity index (χ1v) is 5.45. The number of hydrogen-bond acceptors (Lipinski definition) is 5. The first kappa shape index (κ1) is 11.3. The van der Waals surface area contributed by atoms with Gasteiger partial charge in [-0.05, 0) is 13.0 Å². The van der Waals surface area contributed by atoms with Crippen molar-refractivity contribution in [1.29, 1.82) is 0 Å². The van der Waals surface area contributed by atoms with Gasteiger partial charge in [-0.3, -0.25) is 0 Å². The lowest BCUT2D eigenvalue weighted by Gasteiger charge is -2.06. The third-order valence-electron chi connectivity index (χ3n) is 2.14. The van der Waals surface area contributed by atoms with Crippen molar-refractivity contribution in [3.05, 3.63) is 42.6 Å². The molecule has 0 aliphatic carbocycles. The van der Waals surface area contributed by atoms with Gasteiger partial charge in [0.1, 0.15) is 6.33 Å². The lowest BCUT2D eigenvalue weighted by Crippen LogP contribution is -2.01. The van der Waals surface area contributed by atoms with Gasteiger partial charge in [0, 0.05) is 30.6 Å². The fourth-order valence-corrected chi connectivity index (χ4v) is 1.34. The average molecular weight is 230 g/mol. The van der Waals surface area contributed by atoms with Gasteiger partial charge < -0.3 is 10.1 Å². The van der Waals surface area contributed by atoms with Crippen molar-refractivity contribution in [2.45, 2.75) is 13.5 Å². The maximum atomic E-state index is 5.26. The molecule has 0 unspecified atom stereocenters. The van der Waals surface area contributed by atoms with Crippen LogP contribution in [0.3, 0.4) is 0 Å². The summed E-state index contributed by atoms with van der Waals surface area (Å²) in [5.41, 5.74) is 1.97. The molecule has 0 fully saturated rings. The molecule has 17 heavy (non-hydrogen) atoms. The highest BCUT2D eigenvalue weighted by Gasteiger charge is 1.96. The zero-order valence-corrected chi connectivity index (χ0v) is 9.63. The van der Waals surface area contributed by atoms with E-state index in [1.165, 1.54) is 6.33 Å². The molecule has 0 radical (unpaired) electrons. The number of pyridine rings is 1. The summed E-state index contributed by atoms with van der Waals surface area (Å²) in [6.45, 7) is 3.24. The zero-order valence-electron chi connectivity index (χ0n) is 9.63. The number of ether oxygens (including phenoxy) is 1. The Morgan fingerprint density at radius 2 is 2.00 bits per heavy atom. The smallest absolute Gasteiger partial charge is 0.213 e. The van der Waals surface area contributed by atoms with Gasteiger partial charge in [-0.25, -0.2) is 15.0 Å². The second kappa shape index (κ2) is 5.79. The predicted octanol–water partition coefficient (Wildman–Crippen LogP) is 1.88. The average Bonchev–Trinajstić information content (AvgIpc) is 2.40. The lowest BCUT2D eigenvalue weighted by atomic mass is 10.3. The van der Waals surface area contributed by atoms with E-state index < -0.39 is 0 Å². The van der Waals surface area contributed by atoms with Crippen molar-refractivity contribution < 1.29 is 4.74 Å². The summed E-state index contributed by atoms with van der Waals surface area (Å²) in [6.07, 6.45) is 6.82. The van der Waals surface area contributed by atoms with E-state index in [2.05, 4.69) is 20.3 Å². The normalized spacial score (nSPS) is 9.94. The second-order valence-corrected chi connectivity index (χ2v) is 3.42. The minimum absolute atomic E-state index is 0.626. The maximum absolute atomic E-state index is 5.26. The first-order chi connectivity index (χ1) is 8.38. The van der Waals surface area contributed by atoms with Crippen molar-refractivity contribution in [3.63, 3.8) is 0 Å². The van der Waals surface area contributed by atoms with E-state index in [1.807, 2.05) is 19.1 Å². The monoisotopic (exact) mass is 230 g/mol. The van der Waals surface area contributed by atoms with Gasteiger partial charge >= 0.3 is 0 Å². The standard InChI is InChI=1S/C12H14N4O/c1-2-17-12-4-3-11(8-16-12)15-7-10-5-13-9-14-6-10/h3-6,8-9,15H,2,7H2,1H3. The topological polar surface area (TPSA) is 59.9 Å². The highest BCUT2D eigenvalue weighted by Crippen LogP contribution is 2.12. The number of nitrogens with one attached hydrogen (secondary N) is 1. The Labute approximate surface area is 99.9 Å². The molecule has 5 nitrogen and oxygen atoms in total. The molecule has 0 bridgehead atoms. The maximum Gasteiger partial charge on any atom is 0.213 e. The van der Waals surface area contributed by atoms with Crippen molar-refractivity contribution in [2.75, 3.05) is 11.9 Å². The molecule has 2 rings (SSSR count). The van der Waals surface area contributed by atoms with E-state index in [0.717, 1.165) is 11.3 Å². The van der Waals surface area contributed by atoms with Gasteiger partial charge in [0.25, 0.3) is 0 Å². The summed E-state index contributed by atoms with van der Waals surface area (Å²) in [5, 5.41) is 3.23. The summed E-state index contributed by atoms with van der Waals surface area (Å²) in [4.78, 5) is 12.1. The molecule has 2 aromatic rings. The summed E-state index contributed by atoms with van der Waals surface area (Å²) in [5.74, 6) is 0.640. The van der Waals surface area contributed by atoms with Gasteiger partial charge in [0.15, 0.2) is 0 Å². The number of anilines is 1. The Bertz CT molecular complexity index is 444. The Balaban J connectivity index is 1.91. The molecule has 2 heterocycles. The number of aromatic nitrogens is 3. The summed E-state index contributed by atoms with van der Waals surface area (Å²) < 4.78 is 5.26. The molecule has 0 aliphatic rings. The fourth-order valence-electron chi connectivity index (χ4n) is 1.34. The van der Waals surface area contributed by atoms with Crippen LogP contribution in [0.1, 0.15) is 12.5 Å². The van der Waals surface area contributed by atoms with E-state index in [1.54, 1.807) is 18.6 Å². The first-order valence-electron chi connectivity index (χ1n) is 5.45. The molecule has 0 spiro atoms. The van der Waals surface area contributed by atoms with Crippen LogP contribution in [0, 0.1) is 0 Å². The number of nitrogens with zero attached hydrogens (tertiary/aromatic N) is 3. The molecule has 5 heteroatoms. The van der Waals surface area contributed by atoms with Crippen molar-refractivity contribution >= 4 is 5.69 Å². The van der Waals surface area contributed by atoms with Crippen LogP contribution >= 0.6 is 0 Å². The van der Waals surface area contributed by atoms with Crippen LogP contribution in [0.5, 0.6) is 5.88 Å². The van der Waals surface area contributed by atoms with Crippen LogP contribution in [0.15, 0.2) is 37.1 Å².